The van der Waals surface area contributed by atoms with Crippen LogP contribution in [0.1, 0.15) is 19.4 Å². The molecule has 0 saturated heterocycles. The molecule has 0 bridgehead atoms. The summed E-state index contributed by atoms with van der Waals surface area (Å²) >= 11 is 0. The van der Waals surface area contributed by atoms with E-state index in [2.05, 4.69) is 11.8 Å². The Balaban J connectivity index is 2.80. The molecule has 1 rings (SSSR count). The Morgan fingerprint density at radius 1 is 1.35 bits per heavy atom. The van der Waals surface area contributed by atoms with Gasteiger partial charge in [0, 0.05) is 6.04 Å². The van der Waals surface area contributed by atoms with Gasteiger partial charge < -0.3 is 15.2 Å². The van der Waals surface area contributed by atoms with Crippen LogP contribution in [0, 0.1) is 11.8 Å². The van der Waals surface area contributed by atoms with Crippen LogP contribution in [0.3, 0.4) is 0 Å². The van der Waals surface area contributed by atoms with E-state index >= 15 is 0 Å². The third-order valence-electron chi connectivity index (χ3n) is 2.26. The Kier molecular flexibility index (Phi) is 5.38. The SMILES string of the molecule is CC#CCOc1ccc(CC(C)N)cc1OC. The Morgan fingerprint density at radius 2 is 2.12 bits per heavy atom. The number of ether oxygens (including phenoxy) is 2. The van der Waals surface area contributed by atoms with E-state index in [0.29, 0.717) is 12.4 Å². The van der Waals surface area contributed by atoms with Crippen molar-refractivity contribution in [1.29, 1.82) is 0 Å². The highest BCUT2D eigenvalue weighted by Crippen LogP contribution is 2.28. The van der Waals surface area contributed by atoms with Crippen molar-refractivity contribution < 1.29 is 9.47 Å². The highest BCUT2D eigenvalue weighted by atomic mass is 16.5. The number of nitrogens with two attached hydrogens (primary N) is 1. The van der Waals surface area contributed by atoms with Gasteiger partial charge in [-0.2, -0.15) is 0 Å². The van der Waals surface area contributed by atoms with Crippen LogP contribution < -0.4 is 15.2 Å². The number of hydrogen-bond donors (Lipinski definition) is 1. The van der Waals surface area contributed by atoms with Crippen LogP contribution in [0.25, 0.3) is 0 Å². The Hall–Kier alpha value is -1.66. The standard InChI is InChI=1S/C14H19NO2/c1-4-5-8-17-13-7-6-12(9-11(2)15)10-14(13)16-3/h6-7,10-11H,8-9,15H2,1-3H3. The molecule has 92 valence electrons. The van der Waals surface area contributed by atoms with Gasteiger partial charge in [0.25, 0.3) is 0 Å². The van der Waals surface area contributed by atoms with Gasteiger partial charge in [0.2, 0.25) is 0 Å². The van der Waals surface area contributed by atoms with Crippen molar-refractivity contribution in [3.8, 4) is 23.3 Å². The zero-order valence-electron chi connectivity index (χ0n) is 10.6. The predicted octanol–water partition coefficient (Wildman–Crippen LogP) is 1.99. The van der Waals surface area contributed by atoms with E-state index in [9.17, 15) is 0 Å². The van der Waals surface area contributed by atoms with E-state index in [1.807, 2.05) is 25.1 Å². The summed E-state index contributed by atoms with van der Waals surface area (Å²) in [7, 11) is 1.63. The first-order valence-electron chi connectivity index (χ1n) is 5.62. The van der Waals surface area contributed by atoms with Crippen LogP contribution in [0.5, 0.6) is 11.5 Å². The molecule has 3 nitrogen and oxygen atoms in total. The smallest absolute Gasteiger partial charge is 0.162 e. The zero-order valence-corrected chi connectivity index (χ0v) is 10.6. The van der Waals surface area contributed by atoms with E-state index in [4.69, 9.17) is 15.2 Å². The highest BCUT2D eigenvalue weighted by molar-refractivity contribution is 5.43. The van der Waals surface area contributed by atoms with Gasteiger partial charge in [-0.05, 0) is 38.0 Å². The van der Waals surface area contributed by atoms with Crippen LogP contribution >= 0.6 is 0 Å². The van der Waals surface area contributed by atoms with Gasteiger partial charge in [0.1, 0.15) is 6.61 Å². The first-order valence-corrected chi connectivity index (χ1v) is 5.62. The van der Waals surface area contributed by atoms with E-state index in [1.54, 1.807) is 14.0 Å². The normalized spacial score (nSPS) is 11.3. The van der Waals surface area contributed by atoms with Gasteiger partial charge in [0.15, 0.2) is 11.5 Å². The lowest BCUT2D eigenvalue weighted by atomic mass is 10.1. The predicted molar refractivity (Wildman–Crippen MR) is 69.3 cm³/mol. The molecule has 0 aliphatic carbocycles. The van der Waals surface area contributed by atoms with Crippen molar-refractivity contribution >= 4 is 0 Å². The summed E-state index contributed by atoms with van der Waals surface area (Å²) in [6.45, 7) is 4.14. The van der Waals surface area contributed by atoms with Crippen molar-refractivity contribution in [3.05, 3.63) is 23.8 Å². The molecule has 1 aromatic rings. The molecule has 0 amide bonds. The molecule has 0 heterocycles. The molecule has 3 heteroatoms. The lowest BCUT2D eigenvalue weighted by Crippen LogP contribution is -2.17. The average molecular weight is 233 g/mol. The van der Waals surface area contributed by atoms with Crippen LogP contribution in [-0.2, 0) is 6.42 Å². The van der Waals surface area contributed by atoms with Gasteiger partial charge in [-0.15, -0.1) is 5.92 Å². The summed E-state index contributed by atoms with van der Waals surface area (Å²) < 4.78 is 10.8. The van der Waals surface area contributed by atoms with E-state index < -0.39 is 0 Å². The molecular formula is C14H19NO2. The maximum absolute atomic E-state index is 5.76. The second kappa shape index (κ2) is 6.82. The minimum atomic E-state index is 0.137. The second-order valence-electron chi connectivity index (χ2n) is 3.88. The van der Waals surface area contributed by atoms with Crippen molar-refractivity contribution in [3.63, 3.8) is 0 Å². The topological polar surface area (TPSA) is 44.5 Å². The fourth-order valence-electron chi connectivity index (χ4n) is 1.52. The Morgan fingerprint density at radius 3 is 2.71 bits per heavy atom. The molecular weight excluding hydrogens is 214 g/mol. The van der Waals surface area contributed by atoms with Crippen molar-refractivity contribution in [2.75, 3.05) is 13.7 Å². The third kappa shape index (κ3) is 4.38. The van der Waals surface area contributed by atoms with Crippen LogP contribution in [0.4, 0.5) is 0 Å². The third-order valence-corrected chi connectivity index (χ3v) is 2.26. The summed E-state index contributed by atoms with van der Waals surface area (Å²) in [4.78, 5) is 0. The summed E-state index contributed by atoms with van der Waals surface area (Å²) in [6.07, 6.45) is 0.825. The first-order chi connectivity index (χ1) is 8.17. The molecule has 0 saturated carbocycles. The molecule has 0 aromatic heterocycles. The zero-order chi connectivity index (χ0) is 12.7. The minimum absolute atomic E-state index is 0.137. The monoisotopic (exact) mass is 233 g/mol. The summed E-state index contributed by atoms with van der Waals surface area (Å²) in [5.74, 6) is 7.06. The number of methoxy groups -OCH3 is 1. The van der Waals surface area contributed by atoms with Crippen LogP contribution in [-0.4, -0.2) is 19.8 Å². The number of rotatable bonds is 5. The maximum Gasteiger partial charge on any atom is 0.162 e. The van der Waals surface area contributed by atoms with E-state index in [1.165, 1.54) is 0 Å². The fraction of sp³-hybridized carbons (Fsp3) is 0.429. The quantitative estimate of drug-likeness (QED) is 0.791. The molecule has 0 aliphatic heterocycles. The molecule has 0 aliphatic rings. The number of benzene rings is 1. The Labute approximate surface area is 103 Å². The van der Waals surface area contributed by atoms with Gasteiger partial charge in [-0.25, -0.2) is 0 Å². The molecule has 1 atom stereocenters. The van der Waals surface area contributed by atoms with Crippen LogP contribution in [0.2, 0.25) is 0 Å². The summed E-state index contributed by atoms with van der Waals surface area (Å²) in [5, 5.41) is 0. The summed E-state index contributed by atoms with van der Waals surface area (Å²) in [6, 6.07) is 5.99. The molecule has 2 N–H and O–H groups in total. The molecule has 1 unspecified atom stereocenters. The largest absolute Gasteiger partial charge is 0.493 e. The average Bonchev–Trinajstić information content (AvgIpc) is 2.30. The molecule has 0 radical (unpaired) electrons. The van der Waals surface area contributed by atoms with Crippen molar-refractivity contribution in [2.24, 2.45) is 5.73 Å². The second-order valence-corrected chi connectivity index (χ2v) is 3.88. The highest BCUT2D eigenvalue weighted by Gasteiger charge is 2.06. The maximum atomic E-state index is 5.76. The van der Waals surface area contributed by atoms with Crippen molar-refractivity contribution in [1.82, 2.24) is 0 Å². The fourth-order valence-corrected chi connectivity index (χ4v) is 1.52. The lowest BCUT2D eigenvalue weighted by molar-refractivity contribution is 0.330. The van der Waals surface area contributed by atoms with Crippen LogP contribution in [0.15, 0.2) is 18.2 Å². The minimum Gasteiger partial charge on any atom is -0.493 e. The van der Waals surface area contributed by atoms with Gasteiger partial charge in [0.05, 0.1) is 7.11 Å². The summed E-state index contributed by atoms with van der Waals surface area (Å²) in [5.41, 5.74) is 6.91. The molecule has 1 aromatic carbocycles. The molecule has 0 spiro atoms. The number of hydrogen-bond acceptors (Lipinski definition) is 3. The molecule has 0 fully saturated rings. The first kappa shape index (κ1) is 13.4. The van der Waals surface area contributed by atoms with Gasteiger partial charge in [-0.1, -0.05) is 12.0 Å². The Bertz CT molecular complexity index is 416. The van der Waals surface area contributed by atoms with E-state index in [-0.39, 0.29) is 6.04 Å². The van der Waals surface area contributed by atoms with Gasteiger partial charge in [-0.3, -0.25) is 0 Å². The van der Waals surface area contributed by atoms with E-state index in [0.717, 1.165) is 17.7 Å². The van der Waals surface area contributed by atoms with Crippen molar-refractivity contribution in [2.45, 2.75) is 26.3 Å². The molecule has 17 heavy (non-hydrogen) atoms. The lowest BCUT2D eigenvalue weighted by Gasteiger charge is -2.11. The van der Waals surface area contributed by atoms with Gasteiger partial charge >= 0.3 is 0 Å².